The largest absolute Gasteiger partial charge is 0.312 e. The Labute approximate surface area is 181 Å². The van der Waals surface area contributed by atoms with E-state index in [0.29, 0.717) is 11.3 Å². The normalized spacial score (nSPS) is 14.9. The molecular weight excluding hydrogens is 419 g/mol. The zero-order valence-electron chi connectivity index (χ0n) is 17.2. The Morgan fingerprint density at radius 1 is 1.13 bits per heavy atom. The zero-order valence-corrected chi connectivity index (χ0v) is 18.0. The molecule has 2 amide bonds. The van der Waals surface area contributed by atoms with Gasteiger partial charge in [-0.25, -0.2) is 17.5 Å². The average Bonchev–Trinajstić information content (AvgIpc) is 3.57. The van der Waals surface area contributed by atoms with Crippen LogP contribution in [0.4, 0.5) is 10.1 Å². The first-order valence-electron chi connectivity index (χ1n) is 10.2. The number of sulfonamides is 1. The summed E-state index contributed by atoms with van der Waals surface area (Å²) in [7, 11) is -4.08. The summed E-state index contributed by atoms with van der Waals surface area (Å²) in [5.74, 6) is -2.71. The van der Waals surface area contributed by atoms with Crippen molar-refractivity contribution in [3.8, 4) is 0 Å². The van der Waals surface area contributed by atoms with Crippen LogP contribution < -0.4 is 9.62 Å². The smallest absolute Gasteiger partial charge is 0.257 e. The topological polar surface area (TPSA) is 83.6 Å². The van der Waals surface area contributed by atoms with E-state index in [2.05, 4.69) is 0 Å². The van der Waals surface area contributed by atoms with Gasteiger partial charge >= 0.3 is 0 Å². The predicted octanol–water partition coefficient (Wildman–Crippen LogP) is 3.71. The molecule has 1 saturated carbocycles. The summed E-state index contributed by atoms with van der Waals surface area (Å²) in [6, 6.07) is 14.2. The molecule has 6 nitrogen and oxygen atoms in total. The van der Waals surface area contributed by atoms with Crippen LogP contribution in [0.3, 0.4) is 0 Å². The van der Waals surface area contributed by atoms with Crippen molar-refractivity contribution in [2.24, 2.45) is 11.8 Å². The number of halogens is 1. The molecule has 3 rings (SSSR count). The van der Waals surface area contributed by atoms with Gasteiger partial charge in [-0.2, -0.15) is 0 Å². The number of benzene rings is 2. The maximum atomic E-state index is 13.3. The van der Waals surface area contributed by atoms with Crippen molar-refractivity contribution < 1.29 is 22.4 Å². The van der Waals surface area contributed by atoms with E-state index < -0.39 is 33.6 Å². The third-order valence-corrected chi connectivity index (χ3v) is 6.06. The van der Waals surface area contributed by atoms with Crippen LogP contribution in [0.15, 0.2) is 60.0 Å². The van der Waals surface area contributed by atoms with Crippen molar-refractivity contribution >= 4 is 33.6 Å². The molecule has 0 aromatic heterocycles. The molecule has 1 unspecified atom stereocenters. The fourth-order valence-corrected chi connectivity index (χ4v) is 4.09. The van der Waals surface area contributed by atoms with E-state index >= 15 is 0 Å². The lowest BCUT2D eigenvalue weighted by molar-refractivity contribution is -0.133. The van der Waals surface area contributed by atoms with Crippen LogP contribution in [0.2, 0.25) is 0 Å². The highest BCUT2D eigenvalue weighted by atomic mass is 32.2. The standard InChI is InChI=1S/C23H25FN2O4S/c1-2-26(20-12-10-19(24)11-13-20)23(28)21(16-18-8-9-18)22(27)25-31(29,30)15-14-17-6-4-3-5-7-17/h3-7,10-15,18,21H,2,8-9,16H2,1H3,(H,25,27)/b15-14+. The van der Waals surface area contributed by atoms with Crippen LogP contribution in [-0.2, 0) is 19.6 Å². The lowest BCUT2D eigenvalue weighted by Crippen LogP contribution is -2.45. The summed E-state index contributed by atoms with van der Waals surface area (Å²) in [6.45, 7) is 2.01. The van der Waals surface area contributed by atoms with Crippen LogP contribution in [-0.4, -0.2) is 26.8 Å². The number of nitrogens with zero attached hydrogens (tertiary/aromatic N) is 1. The van der Waals surface area contributed by atoms with Crippen LogP contribution >= 0.6 is 0 Å². The summed E-state index contributed by atoms with van der Waals surface area (Å²) < 4.78 is 40.1. The van der Waals surface area contributed by atoms with Crippen LogP contribution in [0, 0.1) is 17.7 Å². The quantitative estimate of drug-likeness (QED) is 0.598. The van der Waals surface area contributed by atoms with Gasteiger partial charge in [-0.1, -0.05) is 43.2 Å². The van der Waals surface area contributed by atoms with E-state index in [9.17, 15) is 22.4 Å². The Balaban J connectivity index is 1.77. The summed E-state index contributed by atoms with van der Waals surface area (Å²) >= 11 is 0. The highest BCUT2D eigenvalue weighted by molar-refractivity contribution is 7.93. The minimum Gasteiger partial charge on any atom is -0.312 e. The van der Waals surface area contributed by atoms with Crippen molar-refractivity contribution in [3.63, 3.8) is 0 Å². The molecule has 0 bridgehead atoms. The van der Waals surface area contributed by atoms with Gasteiger partial charge in [0.15, 0.2) is 0 Å². The van der Waals surface area contributed by atoms with Crippen LogP contribution in [0.1, 0.15) is 31.7 Å². The van der Waals surface area contributed by atoms with E-state index in [4.69, 9.17) is 0 Å². The third kappa shape index (κ3) is 6.49. The summed E-state index contributed by atoms with van der Waals surface area (Å²) in [5.41, 5.74) is 1.12. The highest BCUT2D eigenvalue weighted by Crippen LogP contribution is 2.36. The second-order valence-electron chi connectivity index (χ2n) is 7.52. The second-order valence-corrected chi connectivity index (χ2v) is 9.08. The van der Waals surface area contributed by atoms with Gasteiger partial charge in [0.05, 0.1) is 5.41 Å². The minimum absolute atomic E-state index is 0.217. The predicted molar refractivity (Wildman–Crippen MR) is 118 cm³/mol. The van der Waals surface area contributed by atoms with Crippen molar-refractivity contribution in [2.45, 2.75) is 26.2 Å². The molecule has 0 spiro atoms. The van der Waals surface area contributed by atoms with Gasteiger partial charge in [0, 0.05) is 12.2 Å². The molecule has 1 fully saturated rings. The first-order chi connectivity index (χ1) is 14.8. The number of hydrogen-bond acceptors (Lipinski definition) is 4. The number of rotatable bonds is 9. The van der Waals surface area contributed by atoms with E-state index in [-0.39, 0.29) is 18.9 Å². The molecule has 1 N–H and O–H groups in total. The molecule has 0 heterocycles. The lowest BCUT2D eigenvalue weighted by atomic mass is 9.99. The molecule has 1 aliphatic carbocycles. The Morgan fingerprint density at radius 2 is 1.77 bits per heavy atom. The van der Waals surface area contributed by atoms with Gasteiger partial charge < -0.3 is 4.90 Å². The number of carbonyl (C=O) groups excluding carboxylic acids is 2. The second kappa shape index (κ2) is 9.87. The van der Waals surface area contributed by atoms with E-state index in [1.165, 1.54) is 35.2 Å². The first-order valence-corrected chi connectivity index (χ1v) is 11.7. The molecule has 164 valence electrons. The molecular formula is C23H25FN2O4S. The van der Waals surface area contributed by atoms with Gasteiger partial charge in [-0.05, 0) is 55.2 Å². The van der Waals surface area contributed by atoms with E-state index in [1.807, 2.05) is 10.8 Å². The maximum absolute atomic E-state index is 13.3. The summed E-state index contributed by atoms with van der Waals surface area (Å²) in [5, 5.41) is 0.913. The molecule has 2 aromatic rings. The van der Waals surface area contributed by atoms with Gasteiger partial charge in [0.25, 0.3) is 10.0 Å². The Bertz CT molecular complexity index is 1050. The first kappa shape index (κ1) is 22.7. The molecule has 0 radical (unpaired) electrons. The average molecular weight is 445 g/mol. The Morgan fingerprint density at radius 3 is 2.35 bits per heavy atom. The molecule has 1 aliphatic rings. The number of amides is 2. The molecule has 1 atom stereocenters. The van der Waals surface area contributed by atoms with Crippen molar-refractivity contribution in [1.82, 2.24) is 4.72 Å². The van der Waals surface area contributed by atoms with Crippen molar-refractivity contribution in [2.75, 3.05) is 11.4 Å². The summed E-state index contributed by atoms with van der Waals surface area (Å²) in [4.78, 5) is 27.4. The fraction of sp³-hybridized carbons (Fsp3) is 0.304. The lowest BCUT2D eigenvalue weighted by Gasteiger charge is -2.26. The SMILES string of the molecule is CCN(C(=O)C(CC1CC1)C(=O)NS(=O)(=O)/C=C/c1ccccc1)c1ccc(F)cc1. The van der Waals surface area contributed by atoms with E-state index in [0.717, 1.165) is 18.2 Å². The molecule has 31 heavy (non-hydrogen) atoms. The molecule has 8 heteroatoms. The fourth-order valence-electron chi connectivity index (χ4n) is 3.26. The molecule has 0 saturated heterocycles. The molecule has 0 aliphatic heterocycles. The highest BCUT2D eigenvalue weighted by Gasteiger charge is 2.37. The monoisotopic (exact) mass is 444 g/mol. The summed E-state index contributed by atoms with van der Waals surface area (Å²) in [6.07, 6.45) is 3.46. The number of hydrogen-bond donors (Lipinski definition) is 1. The van der Waals surface area contributed by atoms with Crippen molar-refractivity contribution in [1.29, 1.82) is 0 Å². The number of carbonyl (C=O) groups is 2. The Hall–Kier alpha value is -3.00. The van der Waals surface area contributed by atoms with Gasteiger partial charge in [-0.3, -0.25) is 9.59 Å². The Kier molecular flexibility index (Phi) is 7.22. The maximum Gasteiger partial charge on any atom is 0.257 e. The van der Waals surface area contributed by atoms with Crippen LogP contribution in [0.25, 0.3) is 6.08 Å². The number of anilines is 1. The molecule has 2 aromatic carbocycles. The van der Waals surface area contributed by atoms with E-state index in [1.54, 1.807) is 31.2 Å². The van der Waals surface area contributed by atoms with Crippen molar-refractivity contribution in [3.05, 3.63) is 71.4 Å². The zero-order chi connectivity index (χ0) is 22.4. The third-order valence-electron chi connectivity index (χ3n) is 5.08. The van der Waals surface area contributed by atoms with Gasteiger partial charge in [0.2, 0.25) is 11.8 Å². The van der Waals surface area contributed by atoms with Gasteiger partial charge in [-0.15, -0.1) is 0 Å². The van der Waals surface area contributed by atoms with Crippen LogP contribution in [0.5, 0.6) is 0 Å². The number of nitrogens with one attached hydrogen (secondary N) is 1. The minimum atomic E-state index is -4.08. The van der Waals surface area contributed by atoms with Gasteiger partial charge in [0.1, 0.15) is 11.7 Å².